The molecule has 0 bridgehead atoms. The van der Waals surface area contributed by atoms with Gasteiger partial charge in [0.05, 0.1) is 12.8 Å². The number of hydrogen-bond acceptors (Lipinski definition) is 3. The fourth-order valence-corrected chi connectivity index (χ4v) is 2.85. The van der Waals surface area contributed by atoms with E-state index in [0.29, 0.717) is 23.7 Å². The Kier molecular flexibility index (Phi) is 10.1. The van der Waals surface area contributed by atoms with Gasteiger partial charge in [0.1, 0.15) is 6.10 Å². The minimum atomic E-state index is -0.960. The lowest BCUT2D eigenvalue weighted by Crippen LogP contribution is -2.31. The molecule has 0 aromatic rings. The van der Waals surface area contributed by atoms with Crippen molar-refractivity contribution in [2.45, 2.75) is 79.8 Å². The van der Waals surface area contributed by atoms with Gasteiger partial charge in [0.2, 0.25) is 0 Å². The molecular weight excluding hydrogens is 280 g/mol. The molecule has 1 N–H and O–H groups in total. The lowest BCUT2D eigenvalue weighted by atomic mass is 9.82. The third kappa shape index (κ3) is 10.6. The highest BCUT2D eigenvalue weighted by molar-refractivity contribution is 5.76. The van der Waals surface area contributed by atoms with Gasteiger partial charge in [-0.05, 0) is 42.9 Å². The van der Waals surface area contributed by atoms with Crippen LogP contribution in [0, 0.1) is 23.7 Å². The molecule has 0 radical (unpaired) electrons. The fraction of sp³-hybridized carbons (Fsp3) is 0.889. The second-order valence-corrected chi connectivity index (χ2v) is 7.57. The van der Waals surface area contributed by atoms with Crippen molar-refractivity contribution in [3.63, 3.8) is 0 Å². The largest absolute Gasteiger partial charge is 0.481 e. The third-order valence-electron chi connectivity index (χ3n) is 3.60. The summed E-state index contributed by atoms with van der Waals surface area (Å²) in [5.41, 5.74) is 0. The zero-order valence-corrected chi connectivity index (χ0v) is 15.1. The molecule has 0 saturated carbocycles. The minimum Gasteiger partial charge on any atom is -0.481 e. The standard InChI is InChI=1S/C18H34O4/c1-12(2)9-15(10-13(3)4)16(11-14(5)6)22-18(21)8-7-17(19)20/h12-16H,7-11H2,1-6H3,(H,19,20). The minimum absolute atomic E-state index is 0.0417. The molecule has 0 heterocycles. The van der Waals surface area contributed by atoms with E-state index in [1.165, 1.54) is 0 Å². The van der Waals surface area contributed by atoms with Crippen molar-refractivity contribution in [1.82, 2.24) is 0 Å². The van der Waals surface area contributed by atoms with Crippen LogP contribution < -0.4 is 0 Å². The van der Waals surface area contributed by atoms with Gasteiger partial charge in [0, 0.05) is 0 Å². The van der Waals surface area contributed by atoms with Gasteiger partial charge < -0.3 is 9.84 Å². The molecule has 0 fully saturated rings. The van der Waals surface area contributed by atoms with E-state index in [1.54, 1.807) is 0 Å². The molecule has 0 rings (SSSR count). The van der Waals surface area contributed by atoms with E-state index in [2.05, 4.69) is 41.5 Å². The Hall–Kier alpha value is -1.06. The molecule has 22 heavy (non-hydrogen) atoms. The van der Waals surface area contributed by atoms with Crippen LogP contribution in [-0.2, 0) is 14.3 Å². The molecule has 4 heteroatoms. The third-order valence-corrected chi connectivity index (χ3v) is 3.60. The number of carboxylic acid groups (broad SMARTS) is 1. The summed E-state index contributed by atoms with van der Waals surface area (Å²) in [5.74, 6) is 0.548. The van der Waals surface area contributed by atoms with Crippen LogP contribution in [0.15, 0.2) is 0 Å². The molecular formula is C18H34O4. The lowest BCUT2D eigenvalue weighted by Gasteiger charge is -2.31. The molecule has 0 amide bonds. The van der Waals surface area contributed by atoms with E-state index in [4.69, 9.17) is 9.84 Å². The van der Waals surface area contributed by atoms with Crippen molar-refractivity contribution in [1.29, 1.82) is 0 Å². The molecule has 0 aromatic carbocycles. The van der Waals surface area contributed by atoms with Crippen molar-refractivity contribution in [2.24, 2.45) is 23.7 Å². The zero-order chi connectivity index (χ0) is 17.3. The number of carboxylic acids is 1. The van der Waals surface area contributed by atoms with Gasteiger partial charge in [-0.15, -0.1) is 0 Å². The molecule has 0 aromatic heterocycles. The van der Waals surface area contributed by atoms with Gasteiger partial charge in [-0.3, -0.25) is 9.59 Å². The van der Waals surface area contributed by atoms with Gasteiger partial charge in [-0.2, -0.15) is 0 Å². The predicted octanol–water partition coefficient (Wildman–Crippen LogP) is 4.52. The molecule has 0 aliphatic rings. The average molecular weight is 314 g/mol. The highest BCUT2D eigenvalue weighted by Gasteiger charge is 2.27. The topological polar surface area (TPSA) is 63.6 Å². The molecule has 4 nitrogen and oxygen atoms in total. The van der Waals surface area contributed by atoms with Crippen LogP contribution in [0.2, 0.25) is 0 Å². The first-order valence-corrected chi connectivity index (χ1v) is 8.53. The number of rotatable bonds is 11. The van der Waals surface area contributed by atoms with E-state index in [-0.39, 0.29) is 24.9 Å². The lowest BCUT2D eigenvalue weighted by molar-refractivity contribution is -0.156. The first-order valence-electron chi connectivity index (χ1n) is 8.53. The van der Waals surface area contributed by atoms with Crippen LogP contribution in [0.4, 0.5) is 0 Å². The van der Waals surface area contributed by atoms with E-state index >= 15 is 0 Å². The summed E-state index contributed by atoms with van der Waals surface area (Å²) >= 11 is 0. The molecule has 1 unspecified atom stereocenters. The maximum absolute atomic E-state index is 11.9. The average Bonchev–Trinajstić information content (AvgIpc) is 2.33. The molecule has 130 valence electrons. The summed E-state index contributed by atoms with van der Waals surface area (Å²) in [6.45, 7) is 13.0. The van der Waals surface area contributed by atoms with E-state index in [9.17, 15) is 9.59 Å². The normalized spacial score (nSPS) is 13.2. The molecule has 0 spiro atoms. The Labute approximate surface area is 135 Å². The number of carbonyl (C=O) groups excluding carboxylic acids is 1. The second-order valence-electron chi connectivity index (χ2n) is 7.57. The van der Waals surface area contributed by atoms with E-state index in [0.717, 1.165) is 19.3 Å². The Balaban J connectivity index is 4.86. The number of esters is 1. The van der Waals surface area contributed by atoms with Crippen LogP contribution in [-0.4, -0.2) is 23.1 Å². The van der Waals surface area contributed by atoms with Crippen molar-refractivity contribution >= 4 is 11.9 Å². The van der Waals surface area contributed by atoms with Gasteiger partial charge in [0.15, 0.2) is 0 Å². The maximum Gasteiger partial charge on any atom is 0.306 e. The smallest absolute Gasteiger partial charge is 0.306 e. The Morgan fingerprint density at radius 3 is 1.64 bits per heavy atom. The Bertz CT molecular complexity index is 324. The quantitative estimate of drug-likeness (QED) is 0.570. The van der Waals surface area contributed by atoms with Gasteiger partial charge >= 0.3 is 11.9 Å². The summed E-state index contributed by atoms with van der Waals surface area (Å²) in [6.07, 6.45) is 2.59. The Morgan fingerprint density at radius 2 is 1.27 bits per heavy atom. The maximum atomic E-state index is 11.9. The van der Waals surface area contributed by atoms with Crippen molar-refractivity contribution in [3.05, 3.63) is 0 Å². The summed E-state index contributed by atoms with van der Waals surface area (Å²) in [5, 5.41) is 8.68. The van der Waals surface area contributed by atoms with Crippen LogP contribution in [0.3, 0.4) is 0 Å². The van der Waals surface area contributed by atoms with Crippen LogP contribution >= 0.6 is 0 Å². The van der Waals surface area contributed by atoms with Crippen LogP contribution in [0.5, 0.6) is 0 Å². The summed E-state index contributed by atoms with van der Waals surface area (Å²) in [4.78, 5) is 22.5. The van der Waals surface area contributed by atoms with Crippen molar-refractivity contribution < 1.29 is 19.4 Å². The highest BCUT2D eigenvalue weighted by atomic mass is 16.5. The monoisotopic (exact) mass is 314 g/mol. The van der Waals surface area contributed by atoms with E-state index in [1.807, 2.05) is 0 Å². The molecule has 0 aliphatic carbocycles. The highest BCUT2D eigenvalue weighted by Crippen LogP contribution is 2.29. The van der Waals surface area contributed by atoms with E-state index < -0.39 is 5.97 Å². The predicted molar refractivity (Wildman–Crippen MR) is 88.6 cm³/mol. The summed E-state index contributed by atoms with van der Waals surface area (Å²) < 4.78 is 5.67. The summed E-state index contributed by atoms with van der Waals surface area (Å²) in [6, 6.07) is 0. The second kappa shape index (κ2) is 10.6. The number of aliphatic carboxylic acids is 1. The first kappa shape index (κ1) is 20.9. The van der Waals surface area contributed by atoms with Crippen LogP contribution in [0.1, 0.15) is 73.6 Å². The van der Waals surface area contributed by atoms with Crippen molar-refractivity contribution in [3.8, 4) is 0 Å². The molecule has 1 atom stereocenters. The van der Waals surface area contributed by atoms with Crippen molar-refractivity contribution in [2.75, 3.05) is 0 Å². The fourth-order valence-electron chi connectivity index (χ4n) is 2.85. The molecule has 0 saturated heterocycles. The van der Waals surface area contributed by atoms with Gasteiger partial charge in [0.25, 0.3) is 0 Å². The number of hydrogen-bond donors (Lipinski definition) is 1. The first-order chi connectivity index (χ1) is 10.1. The van der Waals surface area contributed by atoms with Gasteiger partial charge in [-0.1, -0.05) is 41.5 Å². The Morgan fingerprint density at radius 1 is 0.818 bits per heavy atom. The SMILES string of the molecule is CC(C)CC(CC(C)C)C(CC(C)C)OC(=O)CCC(=O)O. The molecule has 0 aliphatic heterocycles. The summed E-state index contributed by atoms with van der Waals surface area (Å²) in [7, 11) is 0. The van der Waals surface area contributed by atoms with Crippen LogP contribution in [0.25, 0.3) is 0 Å². The number of carbonyl (C=O) groups is 2. The van der Waals surface area contributed by atoms with Gasteiger partial charge in [-0.25, -0.2) is 0 Å². The number of ether oxygens (including phenoxy) is 1. The zero-order valence-electron chi connectivity index (χ0n) is 15.1.